The van der Waals surface area contributed by atoms with Crippen LogP contribution < -0.4 is 16.0 Å². The number of phenolic OH excluding ortho intramolecular Hbond substituents is 1. The topological polar surface area (TPSA) is 89.0 Å². The Labute approximate surface area is 191 Å². The first-order chi connectivity index (χ1) is 13.8. The lowest BCUT2D eigenvalue weighted by Gasteiger charge is -2.19. The number of hydrogen-bond acceptors (Lipinski definition) is 4. The Hall–Kier alpha value is -1.76. The van der Waals surface area contributed by atoms with E-state index in [-0.39, 0.29) is 41.7 Å². The number of phenols is 1. The zero-order chi connectivity index (χ0) is 21.3. The summed E-state index contributed by atoms with van der Waals surface area (Å²) in [6.07, 6.45) is -2.96. The predicted molar refractivity (Wildman–Crippen MR) is 120 cm³/mol. The van der Waals surface area contributed by atoms with Crippen LogP contribution in [0.15, 0.2) is 29.3 Å². The summed E-state index contributed by atoms with van der Waals surface area (Å²) in [6.45, 7) is 3.25. The maximum Gasteiger partial charge on any atom is 0.401 e. The standard InChI is InChI=1S/C19H28F3N5O2.HI/c1-2-23-18(26-15-7-10-27(12-15)13-19(20,21)22)25-9-4-8-24-17(29)14-5-3-6-16(28)11-14;/h3,5-6,11,15,28H,2,4,7-10,12-13H2,1H3,(H,24,29)(H2,23,25,26);1H. The minimum atomic E-state index is -4.18. The molecule has 1 unspecified atom stereocenters. The first kappa shape index (κ1) is 26.3. The van der Waals surface area contributed by atoms with Crippen molar-refractivity contribution in [3.8, 4) is 5.75 Å². The summed E-state index contributed by atoms with van der Waals surface area (Å²) in [5, 5.41) is 18.4. The fraction of sp³-hybridized carbons (Fsp3) is 0.579. The van der Waals surface area contributed by atoms with Crippen LogP contribution in [0.3, 0.4) is 0 Å². The molecule has 2 rings (SSSR count). The minimum Gasteiger partial charge on any atom is -0.508 e. The summed E-state index contributed by atoms with van der Waals surface area (Å²) in [6, 6.07) is 6.02. The summed E-state index contributed by atoms with van der Waals surface area (Å²) in [4.78, 5) is 17.8. The van der Waals surface area contributed by atoms with Gasteiger partial charge in [-0.2, -0.15) is 13.2 Å². The van der Waals surface area contributed by atoms with Gasteiger partial charge >= 0.3 is 6.18 Å². The number of carbonyl (C=O) groups is 1. The summed E-state index contributed by atoms with van der Waals surface area (Å²) >= 11 is 0. The lowest BCUT2D eigenvalue weighted by Crippen LogP contribution is -2.45. The van der Waals surface area contributed by atoms with E-state index in [4.69, 9.17) is 0 Å². The van der Waals surface area contributed by atoms with Crippen molar-refractivity contribution in [3.05, 3.63) is 29.8 Å². The van der Waals surface area contributed by atoms with Gasteiger partial charge in [-0.3, -0.25) is 14.7 Å². The number of rotatable bonds is 8. The third-order valence-corrected chi connectivity index (χ3v) is 4.36. The Bertz CT molecular complexity index is 703. The molecule has 1 aliphatic heterocycles. The largest absolute Gasteiger partial charge is 0.508 e. The lowest BCUT2D eigenvalue weighted by atomic mass is 10.2. The highest BCUT2D eigenvalue weighted by Gasteiger charge is 2.34. The molecular weight excluding hydrogens is 514 g/mol. The number of nitrogens with one attached hydrogen (secondary N) is 3. The highest BCUT2D eigenvalue weighted by atomic mass is 127. The fourth-order valence-corrected chi connectivity index (χ4v) is 3.08. The molecule has 170 valence electrons. The van der Waals surface area contributed by atoms with Crippen molar-refractivity contribution >= 4 is 35.8 Å². The van der Waals surface area contributed by atoms with Gasteiger partial charge in [-0.15, -0.1) is 24.0 Å². The normalized spacial score (nSPS) is 17.3. The molecule has 0 spiro atoms. The van der Waals surface area contributed by atoms with Gasteiger partial charge in [-0.05, 0) is 38.0 Å². The zero-order valence-electron chi connectivity index (χ0n) is 16.8. The highest BCUT2D eigenvalue weighted by molar-refractivity contribution is 14.0. The second-order valence-corrected chi connectivity index (χ2v) is 6.90. The molecule has 1 aromatic rings. The van der Waals surface area contributed by atoms with Gasteiger partial charge in [-0.1, -0.05) is 6.07 Å². The van der Waals surface area contributed by atoms with E-state index in [0.717, 1.165) is 0 Å². The van der Waals surface area contributed by atoms with Crippen molar-refractivity contribution < 1.29 is 23.1 Å². The molecule has 0 saturated carbocycles. The van der Waals surface area contributed by atoms with Gasteiger partial charge in [-0.25, -0.2) is 0 Å². The molecule has 7 nitrogen and oxygen atoms in total. The average Bonchev–Trinajstić information content (AvgIpc) is 3.06. The molecule has 1 heterocycles. The maximum absolute atomic E-state index is 12.5. The Morgan fingerprint density at radius 3 is 2.77 bits per heavy atom. The maximum atomic E-state index is 12.5. The monoisotopic (exact) mass is 543 g/mol. The number of amides is 1. The summed E-state index contributed by atoms with van der Waals surface area (Å²) in [5.41, 5.74) is 0.383. The molecule has 4 N–H and O–H groups in total. The second-order valence-electron chi connectivity index (χ2n) is 6.90. The van der Waals surface area contributed by atoms with Crippen molar-refractivity contribution in [2.45, 2.75) is 32.0 Å². The zero-order valence-corrected chi connectivity index (χ0v) is 19.2. The van der Waals surface area contributed by atoms with Gasteiger partial charge in [0.25, 0.3) is 5.91 Å². The van der Waals surface area contributed by atoms with E-state index in [0.29, 0.717) is 57.1 Å². The van der Waals surface area contributed by atoms with Gasteiger partial charge < -0.3 is 21.1 Å². The molecule has 0 radical (unpaired) electrons. The summed E-state index contributed by atoms with van der Waals surface area (Å²) in [7, 11) is 0. The molecule has 0 aromatic heterocycles. The van der Waals surface area contributed by atoms with Crippen molar-refractivity contribution in [2.24, 2.45) is 4.99 Å². The van der Waals surface area contributed by atoms with Crippen LogP contribution in [0.5, 0.6) is 5.75 Å². The molecule has 1 saturated heterocycles. The quantitative estimate of drug-likeness (QED) is 0.175. The van der Waals surface area contributed by atoms with Crippen molar-refractivity contribution in [1.82, 2.24) is 20.9 Å². The number of carbonyl (C=O) groups excluding carboxylic acids is 1. The number of aliphatic imine (C=N–C) groups is 1. The fourth-order valence-electron chi connectivity index (χ4n) is 3.08. The average molecular weight is 543 g/mol. The van der Waals surface area contributed by atoms with E-state index in [9.17, 15) is 23.1 Å². The van der Waals surface area contributed by atoms with Gasteiger partial charge in [0.1, 0.15) is 5.75 Å². The summed E-state index contributed by atoms with van der Waals surface area (Å²) < 4.78 is 37.5. The molecule has 1 aromatic carbocycles. The van der Waals surface area contributed by atoms with Crippen LogP contribution in [-0.4, -0.2) is 73.4 Å². The predicted octanol–water partition coefficient (Wildman–Crippen LogP) is 2.32. The van der Waals surface area contributed by atoms with E-state index >= 15 is 0 Å². The number of hydrogen-bond donors (Lipinski definition) is 4. The van der Waals surface area contributed by atoms with Crippen molar-refractivity contribution in [1.29, 1.82) is 0 Å². The Morgan fingerprint density at radius 2 is 2.10 bits per heavy atom. The minimum absolute atomic E-state index is 0. The van der Waals surface area contributed by atoms with Crippen LogP contribution in [0.4, 0.5) is 13.2 Å². The van der Waals surface area contributed by atoms with Crippen LogP contribution in [0.2, 0.25) is 0 Å². The number of halogens is 4. The molecular formula is C19H29F3IN5O2. The van der Waals surface area contributed by atoms with E-state index in [2.05, 4.69) is 20.9 Å². The third kappa shape index (κ3) is 9.83. The highest BCUT2D eigenvalue weighted by Crippen LogP contribution is 2.19. The molecule has 0 bridgehead atoms. The van der Waals surface area contributed by atoms with Crippen LogP contribution in [0.25, 0.3) is 0 Å². The third-order valence-electron chi connectivity index (χ3n) is 4.36. The number of guanidine groups is 1. The summed E-state index contributed by atoms with van der Waals surface area (Å²) in [5.74, 6) is 0.320. The first-order valence-corrected chi connectivity index (χ1v) is 9.68. The number of alkyl halides is 3. The molecule has 1 atom stereocenters. The van der Waals surface area contributed by atoms with Crippen LogP contribution in [-0.2, 0) is 0 Å². The van der Waals surface area contributed by atoms with Crippen LogP contribution in [0.1, 0.15) is 30.1 Å². The van der Waals surface area contributed by atoms with E-state index in [1.165, 1.54) is 17.0 Å². The van der Waals surface area contributed by atoms with E-state index in [1.54, 1.807) is 12.1 Å². The van der Waals surface area contributed by atoms with E-state index < -0.39 is 12.7 Å². The molecule has 1 fully saturated rings. The van der Waals surface area contributed by atoms with Gasteiger partial charge in [0.2, 0.25) is 0 Å². The van der Waals surface area contributed by atoms with Gasteiger partial charge in [0.15, 0.2) is 5.96 Å². The molecule has 1 aliphatic rings. The molecule has 0 aliphatic carbocycles. The Balaban J connectivity index is 0.00000450. The van der Waals surface area contributed by atoms with Crippen LogP contribution >= 0.6 is 24.0 Å². The smallest absolute Gasteiger partial charge is 0.401 e. The number of aromatic hydroxyl groups is 1. The van der Waals surface area contributed by atoms with Crippen molar-refractivity contribution in [3.63, 3.8) is 0 Å². The SMILES string of the molecule is CCNC(=NCCCNC(=O)c1cccc(O)c1)NC1CCN(CC(F)(F)F)C1.I. The Morgan fingerprint density at radius 1 is 1.33 bits per heavy atom. The second kappa shape index (κ2) is 12.8. The number of benzene rings is 1. The first-order valence-electron chi connectivity index (χ1n) is 9.68. The van der Waals surface area contributed by atoms with E-state index in [1.807, 2.05) is 6.92 Å². The lowest BCUT2D eigenvalue weighted by molar-refractivity contribution is -0.143. The number of nitrogens with zero attached hydrogens (tertiary/aromatic N) is 2. The molecule has 30 heavy (non-hydrogen) atoms. The van der Waals surface area contributed by atoms with Crippen LogP contribution in [0, 0.1) is 0 Å². The van der Waals surface area contributed by atoms with Gasteiger partial charge in [0, 0.05) is 44.3 Å². The number of likely N-dealkylation sites (tertiary alicyclic amines) is 1. The molecule has 1 amide bonds. The van der Waals surface area contributed by atoms with Gasteiger partial charge in [0.05, 0.1) is 6.54 Å². The van der Waals surface area contributed by atoms with Crippen molar-refractivity contribution in [2.75, 3.05) is 39.3 Å². The molecule has 11 heteroatoms. The Kier molecular flexibility index (Phi) is 11.2.